The van der Waals surface area contributed by atoms with E-state index in [1.165, 1.54) is 0 Å². The zero-order chi connectivity index (χ0) is 13.2. The van der Waals surface area contributed by atoms with Gasteiger partial charge in [-0.15, -0.1) is 0 Å². The lowest BCUT2D eigenvalue weighted by Crippen LogP contribution is -2.31. The van der Waals surface area contributed by atoms with E-state index in [1.54, 1.807) is 18.6 Å². The molecule has 0 saturated carbocycles. The van der Waals surface area contributed by atoms with E-state index in [9.17, 15) is 9.90 Å². The second-order valence-corrected chi connectivity index (χ2v) is 4.84. The van der Waals surface area contributed by atoms with E-state index < -0.39 is 5.97 Å². The zero-order valence-electron chi connectivity index (χ0n) is 10.5. The number of fused-ring (bicyclic) bond motifs is 1. The molecule has 1 aliphatic heterocycles. The van der Waals surface area contributed by atoms with Crippen LogP contribution >= 0.6 is 0 Å². The normalized spacial score (nSPS) is 15.2. The lowest BCUT2D eigenvalue weighted by Gasteiger charge is -2.29. The van der Waals surface area contributed by atoms with Crippen LogP contribution in [0.25, 0.3) is 0 Å². The monoisotopic (exact) mass is 257 g/mol. The topological polar surface area (TPSA) is 53.7 Å². The highest BCUT2D eigenvalue weighted by Crippen LogP contribution is 2.23. The molecular weight excluding hydrogens is 242 g/mol. The van der Waals surface area contributed by atoms with Gasteiger partial charge in [0, 0.05) is 25.2 Å². The van der Waals surface area contributed by atoms with Gasteiger partial charge < -0.3 is 9.52 Å². The van der Waals surface area contributed by atoms with E-state index >= 15 is 0 Å². The maximum Gasteiger partial charge on any atom is 0.335 e. The van der Waals surface area contributed by atoms with Crippen molar-refractivity contribution < 1.29 is 14.3 Å². The molecule has 0 bridgehead atoms. The summed E-state index contributed by atoms with van der Waals surface area (Å²) in [4.78, 5) is 13.5. The van der Waals surface area contributed by atoms with Crippen molar-refractivity contribution in [3.63, 3.8) is 0 Å². The second kappa shape index (κ2) is 4.90. The Bertz CT molecular complexity index is 589. The van der Waals surface area contributed by atoms with Crippen molar-refractivity contribution in [2.45, 2.75) is 19.5 Å². The summed E-state index contributed by atoms with van der Waals surface area (Å²) < 4.78 is 5.07. The third-order valence-electron chi connectivity index (χ3n) is 3.56. The molecule has 2 aromatic rings. The molecule has 0 saturated heterocycles. The smallest absolute Gasteiger partial charge is 0.335 e. The Morgan fingerprint density at radius 2 is 2.26 bits per heavy atom. The van der Waals surface area contributed by atoms with E-state index in [4.69, 9.17) is 4.42 Å². The number of carboxylic acid groups (broad SMARTS) is 1. The van der Waals surface area contributed by atoms with E-state index in [0.29, 0.717) is 5.56 Å². The van der Waals surface area contributed by atoms with Crippen LogP contribution in [-0.2, 0) is 19.5 Å². The van der Waals surface area contributed by atoms with Crippen molar-refractivity contribution in [1.82, 2.24) is 4.90 Å². The summed E-state index contributed by atoms with van der Waals surface area (Å²) in [6.07, 6.45) is 4.22. The van der Waals surface area contributed by atoms with Crippen LogP contribution in [0.2, 0.25) is 0 Å². The Balaban J connectivity index is 1.81. The molecule has 0 unspecified atom stereocenters. The molecule has 3 rings (SSSR count). The van der Waals surface area contributed by atoms with Gasteiger partial charge in [-0.3, -0.25) is 4.90 Å². The summed E-state index contributed by atoms with van der Waals surface area (Å²) in [5, 5.41) is 9.19. The summed E-state index contributed by atoms with van der Waals surface area (Å²) in [6.45, 7) is 2.51. The van der Waals surface area contributed by atoms with Crippen LogP contribution in [0.4, 0.5) is 0 Å². The summed E-state index contributed by atoms with van der Waals surface area (Å²) in [6, 6.07) is 7.49. The Hall–Kier alpha value is -2.07. The number of furan rings is 1. The highest BCUT2D eigenvalue weighted by molar-refractivity contribution is 5.89. The molecule has 4 heteroatoms. The van der Waals surface area contributed by atoms with Gasteiger partial charge in [-0.1, -0.05) is 12.1 Å². The Labute approximate surface area is 111 Å². The number of hydrogen-bond acceptors (Lipinski definition) is 3. The Kier molecular flexibility index (Phi) is 3.09. The fourth-order valence-electron chi connectivity index (χ4n) is 2.64. The number of aromatic carboxylic acids is 1. The SMILES string of the molecule is O=C(O)c1cccc2c1CCN(Cc1ccoc1)C2. The molecule has 2 heterocycles. The van der Waals surface area contributed by atoms with Gasteiger partial charge in [-0.2, -0.15) is 0 Å². The molecule has 1 aliphatic rings. The first-order valence-corrected chi connectivity index (χ1v) is 6.31. The van der Waals surface area contributed by atoms with E-state index in [2.05, 4.69) is 4.90 Å². The zero-order valence-corrected chi connectivity index (χ0v) is 10.5. The third-order valence-corrected chi connectivity index (χ3v) is 3.56. The molecule has 0 spiro atoms. The molecule has 0 fully saturated rings. The molecule has 0 radical (unpaired) electrons. The van der Waals surface area contributed by atoms with Crippen LogP contribution in [0.1, 0.15) is 27.0 Å². The van der Waals surface area contributed by atoms with Crippen LogP contribution in [0.5, 0.6) is 0 Å². The molecule has 0 amide bonds. The first kappa shape index (κ1) is 12.0. The number of benzene rings is 1. The number of hydrogen-bond donors (Lipinski definition) is 1. The summed E-state index contributed by atoms with van der Waals surface area (Å²) in [5.41, 5.74) is 3.70. The van der Waals surface area contributed by atoms with Crippen LogP contribution in [0.3, 0.4) is 0 Å². The molecule has 4 nitrogen and oxygen atoms in total. The van der Waals surface area contributed by atoms with Gasteiger partial charge in [0.1, 0.15) is 0 Å². The van der Waals surface area contributed by atoms with E-state index in [-0.39, 0.29) is 0 Å². The van der Waals surface area contributed by atoms with Gasteiger partial charge in [0.05, 0.1) is 18.1 Å². The van der Waals surface area contributed by atoms with E-state index in [0.717, 1.165) is 42.7 Å². The Morgan fingerprint density at radius 3 is 3.00 bits per heavy atom. The molecule has 98 valence electrons. The van der Waals surface area contributed by atoms with Crippen molar-refractivity contribution >= 4 is 5.97 Å². The largest absolute Gasteiger partial charge is 0.478 e. The highest BCUT2D eigenvalue weighted by Gasteiger charge is 2.21. The minimum Gasteiger partial charge on any atom is -0.478 e. The average molecular weight is 257 g/mol. The lowest BCUT2D eigenvalue weighted by atomic mass is 9.94. The van der Waals surface area contributed by atoms with Gasteiger partial charge in [0.15, 0.2) is 0 Å². The second-order valence-electron chi connectivity index (χ2n) is 4.84. The molecule has 0 aliphatic carbocycles. The first-order chi connectivity index (χ1) is 9.24. The quantitative estimate of drug-likeness (QED) is 0.918. The molecular formula is C15H15NO3. The van der Waals surface area contributed by atoms with Crippen LogP contribution in [-0.4, -0.2) is 22.5 Å². The highest BCUT2D eigenvalue weighted by atomic mass is 16.4. The van der Waals surface area contributed by atoms with Crippen molar-refractivity contribution in [2.24, 2.45) is 0 Å². The third kappa shape index (κ3) is 2.39. The average Bonchev–Trinajstić information content (AvgIpc) is 2.90. The summed E-state index contributed by atoms with van der Waals surface area (Å²) in [7, 11) is 0. The minimum atomic E-state index is -0.833. The maximum atomic E-state index is 11.2. The molecule has 19 heavy (non-hydrogen) atoms. The Morgan fingerprint density at radius 1 is 1.37 bits per heavy atom. The number of carbonyl (C=O) groups is 1. The standard InChI is InChI=1S/C15H15NO3/c17-15(18)14-3-1-2-12-9-16(6-4-13(12)14)8-11-5-7-19-10-11/h1-3,5,7,10H,4,6,8-9H2,(H,17,18). The first-order valence-electron chi connectivity index (χ1n) is 6.31. The number of carboxylic acids is 1. The van der Waals surface area contributed by atoms with Gasteiger partial charge in [0.25, 0.3) is 0 Å². The minimum absolute atomic E-state index is 0.445. The van der Waals surface area contributed by atoms with Crippen LogP contribution in [0.15, 0.2) is 41.2 Å². The lowest BCUT2D eigenvalue weighted by molar-refractivity contribution is 0.0694. The van der Waals surface area contributed by atoms with Crippen molar-refractivity contribution in [1.29, 1.82) is 0 Å². The van der Waals surface area contributed by atoms with Gasteiger partial charge in [0.2, 0.25) is 0 Å². The molecule has 1 N–H and O–H groups in total. The maximum absolute atomic E-state index is 11.2. The predicted octanol–water partition coefficient (Wildman–Crippen LogP) is 2.54. The molecule has 1 aromatic heterocycles. The van der Waals surface area contributed by atoms with Crippen molar-refractivity contribution in [3.05, 3.63) is 59.0 Å². The van der Waals surface area contributed by atoms with Crippen molar-refractivity contribution in [2.75, 3.05) is 6.54 Å². The van der Waals surface area contributed by atoms with Gasteiger partial charge in [-0.05, 0) is 29.7 Å². The van der Waals surface area contributed by atoms with Crippen LogP contribution in [0, 0.1) is 0 Å². The summed E-state index contributed by atoms with van der Waals surface area (Å²) in [5.74, 6) is -0.833. The fourth-order valence-corrected chi connectivity index (χ4v) is 2.64. The summed E-state index contributed by atoms with van der Waals surface area (Å²) >= 11 is 0. The van der Waals surface area contributed by atoms with Crippen molar-refractivity contribution in [3.8, 4) is 0 Å². The van der Waals surface area contributed by atoms with Gasteiger partial charge in [-0.25, -0.2) is 4.79 Å². The molecule has 1 aromatic carbocycles. The van der Waals surface area contributed by atoms with Crippen LogP contribution < -0.4 is 0 Å². The van der Waals surface area contributed by atoms with Gasteiger partial charge >= 0.3 is 5.97 Å². The number of rotatable bonds is 3. The fraction of sp³-hybridized carbons (Fsp3) is 0.267. The molecule has 0 atom stereocenters. The predicted molar refractivity (Wildman–Crippen MR) is 69.9 cm³/mol. The number of nitrogens with zero attached hydrogens (tertiary/aromatic N) is 1. The van der Waals surface area contributed by atoms with E-state index in [1.807, 2.05) is 18.2 Å².